The van der Waals surface area contributed by atoms with Crippen molar-refractivity contribution in [2.45, 2.75) is 19.9 Å². The highest BCUT2D eigenvalue weighted by molar-refractivity contribution is 5.69. The van der Waals surface area contributed by atoms with Gasteiger partial charge in [-0.05, 0) is 47.9 Å². The number of nitrogens with two attached hydrogens (primary N) is 1. The molecule has 3 nitrogen and oxygen atoms in total. The average molecular weight is 269 g/mol. The van der Waals surface area contributed by atoms with Crippen molar-refractivity contribution in [1.29, 1.82) is 0 Å². The van der Waals surface area contributed by atoms with Gasteiger partial charge in [-0.15, -0.1) is 0 Å². The highest BCUT2D eigenvalue weighted by atomic mass is 16.5. The number of hydrogen-bond donors (Lipinski definition) is 1. The van der Waals surface area contributed by atoms with Crippen molar-refractivity contribution in [2.24, 2.45) is 5.73 Å². The fraction of sp³-hybridized carbons (Fsp3) is 0.294. The molecule has 1 aliphatic rings. The summed E-state index contributed by atoms with van der Waals surface area (Å²) in [5.74, 6) is 1.88. The van der Waals surface area contributed by atoms with Crippen molar-refractivity contribution in [3.05, 3.63) is 47.5 Å². The Labute approximate surface area is 119 Å². The van der Waals surface area contributed by atoms with Crippen LogP contribution in [0.2, 0.25) is 0 Å². The van der Waals surface area contributed by atoms with Crippen LogP contribution in [0.5, 0.6) is 11.5 Å². The van der Waals surface area contributed by atoms with E-state index in [9.17, 15) is 0 Å². The number of fused-ring (bicyclic) bond motifs is 1. The third kappa shape index (κ3) is 2.37. The summed E-state index contributed by atoms with van der Waals surface area (Å²) in [5.41, 5.74) is 10.5. The predicted octanol–water partition coefficient (Wildman–Crippen LogP) is 3.15. The van der Waals surface area contributed by atoms with Gasteiger partial charge in [-0.1, -0.05) is 12.1 Å². The van der Waals surface area contributed by atoms with Gasteiger partial charge in [-0.25, -0.2) is 0 Å². The number of hydrogen-bond acceptors (Lipinski definition) is 3. The van der Waals surface area contributed by atoms with E-state index in [1.807, 2.05) is 19.1 Å². The van der Waals surface area contributed by atoms with Crippen LogP contribution in [0.15, 0.2) is 36.4 Å². The highest BCUT2D eigenvalue weighted by Crippen LogP contribution is 2.35. The van der Waals surface area contributed by atoms with Crippen molar-refractivity contribution in [2.75, 3.05) is 13.2 Å². The van der Waals surface area contributed by atoms with E-state index in [0.29, 0.717) is 13.2 Å². The van der Waals surface area contributed by atoms with E-state index in [1.165, 1.54) is 11.1 Å². The molecule has 3 rings (SSSR count). The van der Waals surface area contributed by atoms with Crippen LogP contribution in [0.3, 0.4) is 0 Å². The molecule has 0 aliphatic carbocycles. The molecule has 1 heterocycles. The molecule has 0 amide bonds. The molecule has 0 bridgehead atoms. The van der Waals surface area contributed by atoms with E-state index in [-0.39, 0.29) is 0 Å². The van der Waals surface area contributed by atoms with E-state index in [0.717, 1.165) is 35.7 Å². The Morgan fingerprint density at radius 1 is 1.20 bits per heavy atom. The Bertz CT molecular complexity index is 622. The second-order valence-electron chi connectivity index (χ2n) is 4.89. The predicted molar refractivity (Wildman–Crippen MR) is 80.1 cm³/mol. The van der Waals surface area contributed by atoms with Crippen molar-refractivity contribution < 1.29 is 9.47 Å². The van der Waals surface area contributed by atoms with Gasteiger partial charge in [-0.2, -0.15) is 0 Å². The fourth-order valence-electron chi connectivity index (χ4n) is 2.64. The van der Waals surface area contributed by atoms with Crippen LogP contribution >= 0.6 is 0 Å². The lowest BCUT2D eigenvalue weighted by atomic mass is 9.98. The Morgan fingerprint density at radius 2 is 2.10 bits per heavy atom. The Kier molecular flexibility index (Phi) is 3.61. The summed E-state index contributed by atoms with van der Waals surface area (Å²) in [6, 6.07) is 12.5. The number of benzene rings is 2. The number of rotatable bonds is 4. The normalized spacial score (nSPS) is 12.9. The van der Waals surface area contributed by atoms with Gasteiger partial charge in [0.2, 0.25) is 0 Å². The van der Waals surface area contributed by atoms with Gasteiger partial charge in [0, 0.05) is 18.5 Å². The van der Waals surface area contributed by atoms with Crippen molar-refractivity contribution in [3.8, 4) is 22.6 Å². The molecule has 2 aromatic carbocycles. The first-order chi connectivity index (χ1) is 9.81. The maximum atomic E-state index is 5.84. The summed E-state index contributed by atoms with van der Waals surface area (Å²) < 4.78 is 11.2. The van der Waals surface area contributed by atoms with Crippen LogP contribution < -0.4 is 15.2 Å². The van der Waals surface area contributed by atoms with Crippen LogP contribution in [0, 0.1) is 0 Å². The molecule has 104 valence electrons. The smallest absolute Gasteiger partial charge is 0.127 e. The first kappa shape index (κ1) is 13.0. The SMILES string of the molecule is CCOc1cccc(-c2cc(CN)c3c(c2)CCO3)c1. The van der Waals surface area contributed by atoms with Crippen molar-refractivity contribution in [3.63, 3.8) is 0 Å². The van der Waals surface area contributed by atoms with Gasteiger partial charge in [0.05, 0.1) is 13.2 Å². The van der Waals surface area contributed by atoms with Gasteiger partial charge in [-0.3, -0.25) is 0 Å². The summed E-state index contributed by atoms with van der Waals surface area (Å²) in [6.07, 6.45) is 0.960. The molecule has 3 heteroatoms. The quantitative estimate of drug-likeness (QED) is 0.927. The zero-order valence-corrected chi connectivity index (χ0v) is 11.7. The largest absolute Gasteiger partial charge is 0.494 e. The third-order valence-electron chi connectivity index (χ3n) is 3.56. The minimum absolute atomic E-state index is 0.501. The molecule has 2 N–H and O–H groups in total. The minimum Gasteiger partial charge on any atom is -0.494 e. The standard InChI is InChI=1S/C17H19NO2/c1-2-19-16-5-3-4-12(10-16)14-8-13-6-7-20-17(13)15(9-14)11-18/h3-5,8-10H,2,6-7,11,18H2,1H3. The zero-order valence-electron chi connectivity index (χ0n) is 11.7. The molecular weight excluding hydrogens is 250 g/mol. The molecule has 0 radical (unpaired) electrons. The van der Waals surface area contributed by atoms with E-state index in [4.69, 9.17) is 15.2 Å². The zero-order chi connectivity index (χ0) is 13.9. The van der Waals surface area contributed by atoms with Gasteiger partial charge >= 0.3 is 0 Å². The molecule has 0 fully saturated rings. The molecule has 1 aliphatic heterocycles. The summed E-state index contributed by atoms with van der Waals surface area (Å²) in [6.45, 7) is 3.92. The molecule has 0 atom stereocenters. The molecule has 0 saturated heterocycles. The summed E-state index contributed by atoms with van der Waals surface area (Å²) in [7, 11) is 0. The summed E-state index contributed by atoms with van der Waals surface area (Å²) >= 11 is 0. The molecule has 0 spiro atoms. The van der Waals surface area contributed by atoms with Crippen LogP contribution in [0.4, 0.5) is 0 Å². The monoisotopic (exact) mass is 269 g/mol. The van der Waals surface area contributed by atoms with Gasteiger partial charge in [0.25, 0.3) is 0 Å². The maximum Gasteiger partial charge on any atom is 0.127 e. The van der Waals surface area contributed by atoms with Gasteiger partial charge < -0.3 is 15.2 Å². The van der Waals surface area contributed by atoms with Crippen LogP contribution in [0.25, 0.3) is 11.1 Å². The van der Waals surface area contributed by atoms with Crippen molar-refractivity contribution >= 4 is 0 Å². The van der Waals surface area contributed by atoms with E-state index >= 15 is 0 Å². The maximum absolute atomic E-state index is 5.84. The Hall–Kier alpha value is -2.00. The topological polar surface area (TPSA) is 44.5 Å². The van der Waals surface area contributed by atoms with Crippen LogP contribution in [0.1, 0.15) is 18.1 Å². The Balaban J connectivity index is 2.04. The van der Waals surface area contributed by atoms with E-state index in [1.54, 1.807) is 0 Å². The lowest BCUT2D eigenvalue weighted by molar-refractivity contribution is 0.340. The molecule has 0 saturated carbocycles. The number of ether oxygens (including phenoxy) is 2. The van der Waals surface area contributed by atoms with Crippen LogP contribution in [-0.2, 0) is 13.0 Å². The minimum atomic E-state index is 0.501. The molecule has 0 aromatic heterocycles. The Morgan fingerprint density at radius 3 is 2.90 bits per heavy atom. The van der Waals surface area contributed by atoms with Gasteiger partial charge in [0.1, 0.15) is 11.5 Å². The van der Waals surface area contributed by atoms with E-state index in [2.05, 4.69) is 24.3 Å². The highest BCUT2D eigenvalue weighted by Gasteiger charge is 2.17. The van der Waals surface area contributed by atoms with Crippen molar-refractivity contribution in [1.82, 2.24) is 0 Å². The first-order valence-electron chi connectivity index (χ1n) is 7.03. The lowest BCUT2D eigenvalue weighted by Gasteiger charge is -2.11. The molecule has 2 aromatic rings. The average Bonchev–Trinajstić information content (AvgIpc) is 2.95. The van der Waals surface area contributed by atoms with E-state index < -0.39 is 0 Å². The third-order valence-corrected chi connectivity index (χ3v) is 3.56. The molecule has 20 heavy (non-hydrogen) atoms. The molecular formula is C17H19NO2. The fourth-order valence-corrected chi connectivity index (χ4v) is 2.64. The second kappa shape index (κ2) is 5.55. The second-order valence-corrected chi connectivity index (χ2v) is 4.89. The van der Waals surface area contributed by atoms with Gasteiger partial charge in [0.15, 0.2) is 0 Å². The molecule has 0 unspecified atom stereocenters. The summed E-state index contributed by atoms with van der Waals surface area (Å²) in [4.78, 5) is 0. The lowest BCUT2D eigenvalue weighted by Crippen LogP contribution is -2.00. The summed E-state index contributed by atoms with van der Waals surface area (Å²) in [5, 5.41) is 0. The first-order valence-corrected chi connectivity index (χ1v) is 7.03. The van der Waals surface area contributed by atoms with Crippen LogP contribution in [-0.4, -0.2) is 13.2 Å².